The minimum atomic E-state index is -0.912. The Labute approximate surface area is 178 Å². The molecule has 6 nitrogen and oxygen atoms in total. The molecule has 5 rings (SSSR count). The molecule has 0 radical (unpaired) electrons. The molecule has 0 aromatic heterocycles. The van der Waals surface area contributed by atoms with Crippen LogP contribution in [-0.4, -0.2) is 36.6 Å². The van der Waals surface area contributed by atoms with Crippen LogP contribution in [0.4, 0.5) is 0 Å². The van der Waals surface area contributed by atoms with Crippen LogP contribution in [0.5, 0.6) is 0 Å². The Morgan fingerprint density at radius 3 is 2.37 bits per heavy atom. The van der Waals surface area contributed by atoms with Crippen molar-refractivity contribution in [1.29, 1.82) is 0 Å². The van der Waals surface area contributed by atoms with E-state index >= 15 is 0 Å². The number of rotatable bonds is 4. The summed E-state index contributed by atoms with van der Waals surface area (Å²) in [5.41, 5.74) is -0.550. The fourth-order valence-electron chi connectivity index (χ4n) is 8.06. The summed E-state index contributed by atoms with van der Waals surface area (Å²) in [6.45, 7) is 10.4. The number of ether oxygens (including phenoxy) is 2. The van der Waals surface area contributed by atoms with Gasteiger partial charge >= 0.3 is 11.9 Å². The number of hydrogen-bond acceptors (Lipinski definition) is 5. The quantitative estimate of drug-likeness (QED) is 0.562. The van der Waals surface area contributed by atoms with Crippen LogP contribution < -0.4 is 5.32 Å². The van der Waals surface area contributed by atoms with Crippen molar-refractivity contribution >= 4 is 17.8 Å². The van der Waals surface area contributed by atoms with Gasteiger partial charge in [-0.15, -0.1) is 0 Å². The molecule has 1 N–H and O–H groups in total. The van der Waals surface area contributed by atoms with E-state index < -0.39 is 29.5 Å². The normalized spacial score (nSPS) is 48.4. The van der Waals surface area contributed by atoms with Crippen molar-refractivity contribution in [3.8, 4) is 0 Å². The van der Waals surface area contributed by atoms with Crippen molar-refractivity contribution in [1.82, 2.24) is 5.32 Å². The third kappa shape index (κ3) is 2.77. The van der Waals surface area contributed by atoms with Gasteiger partial charge in [0.1, 0.15) is 12.6 Å². The van der Waals surface area contributed by atoms with Crippen LogP contribution in [-0.2, 0) is 23.9 Å². The first kappa shape index (κ1) is 20.3. The van der Waals surface area contributed by atoms with Crippen LogP contribution in [0.3, 0.4) is 0 Å². The number of carbonyl (C=O) groups excluding carboxylic acids is 3. The molecular formula is C24H35NO5. The van der Waals surface area contributed by atoms with E-state index in [4.69, 9.17) is 9.47 Å². The highest BCUT2D eigenvalue weighted by atomic mass is 16.6. The van der Waals surface area contributed by atoms with Gasteiger partial charge in [0.15, 0.2) is 0 Å². The van der Waals surface area contributed by atoms with E-state index in [2.05, 4.69) is 19.2 Å². The molecule has 0 spiro atoms. The minimum Gasteiger partial charge on any atom is -0.462 e. The maximum absolute atomic E-state index is 13.1. The first-order valence-electron chi connectivity index (χ1n) is 11.8. The lowest BCUT2D eigenvalue weighted by atomic mass is 9.62. The maximum atomic E-state index is 13.1. The second kappa shape index (κ2) is 6.70. The molecule has 5 aliphatic rings. The monoisotopic (exact) mass is 417 g/mol. The molecule has 0 aromatic rings. The van der Waals surface area contributed by atoms with Gasteiger partial charge < -0.3 is 14.8 Å². The molecule has 6 heteroatoms. The summed E-state index contributed by atoms with van der Waals surface area (Å²) >= 11 is 0. The number of fused-ring (bicyclic) bond motifs is 9. The maximum Gasteiger partial charge on any atom is 0.348 e. The van der Waals surface area contributed by atoms with E-state index in [-0.39, 0.29) is 18.4 Å². The Kier molecular flexibility index (Phi) is 4.54. The smallest absolute Gasteiger partial charge is 0.348 e. The van der Waals surface area contributed by atoms with Gasteiger partial charge in [-0.05, 0) is 73.5 Å². The standard InChI is InChI=1S/C24H35NO5/c1-10-11(2)15-8-14(10)18-13-6-16(19(15)18)17(7-13)21(26)25-12(3)22(27)30-20-23(28)29-9-24(20,4)5/h10-20H,6-9H2,1-5H3,(H,25,26). The lowest BCUT2D eigenvalue weighted by Gasteiger charge is -2.43. The Bertz CT molecular complexity index is 778. The van der Waals surface area contributed by atoms with Crippen molar-refractivity contribution in [3.05, 3.63) is 0 Å². The molecule has 1 heterocycles. The summed E-state index contributed by atoms with van der Waals surface area (Å²) in [7, 11) is 0. The van der Waals surface area contributed by atoms with Crippen molar-refractivity contribution in [2.45, 2.75) is 66.0 Å². The lowest BCUT2D eigenvalue weighted by Crippen LogP contribution is -2.48. The molecule has 30 heavy (non-hydrogen) atoms. The number of cyclic esters (lactones) is 1. The largest absolute Gasteiger partial charge is 0.462 e. The van der Waals surface area contributed by atoms with Crippen molar-refractivity contribution < 1.29 is 23.9 Å². The van der Waals surface area contributed by atoms with Crippen LogP contribution in [0.25, 0.3) is 0 Å². The zero-order valence-corrected chi connectivity index (χ0v) is 18.7. The number of esters is 2. The van der Waals surface area contributed by atoms with Crippen LogP contribution in [0.15, 0.2) is 0 Å². The van der Waals surface area contributed by atoms with Gasteiger partial charge in [-0.3, -0.25) is 4.79 Å². The van der Waals surface area contributed by atoms with E-state index in [1.165, 1.54) is 12.8 Å². The second-order valence-corrected chi connectivity index (χ2v) is 11.6. The molecule has 0 aromatic carbocycles. The fraction of sp³-hybridized carbons (Fsp3) is 0.875. The summed E-state index contributed by atoms with van der Waals surface area (Å²) in [5.74, 6) is 4.83. The van der Waals surface area contributed by atoms with Crippen molar-refractivity contribution in [2.75, 3.05) is 6.61 Å². The molecule has 1 aliphatic heterocycles. The lowest BCUT2D eigenvalue weighted by molar-refractivity contribution is -0.165. The number of carbonyl (C=O) groups is 3. The average Bonchev–Trinajstić information content (AvgIpc) is 3.46. The Morgan fingerprint density at radius 1 is 1.07 bits per heavy atom. The van der Waals surface area contributed by atoms with Crippen LogP contribution in [0.1, 0.15) is 53.9 Å². The third-order valence-electron chi connectivity index (χ3n) is 9.64. The average molecular weight is 418 g/mol. The Morgan fingerprint density at radius 2 is 1.73 bits per heavy atom. The molecule has 166 valence electrons. The summed E-state index contributed by atoms with van der Waals surface area (Å²) in [6, 6.07) is -0.768. The van der Waals surface area contributed by atoms with Gasteiger partial charge in [0, 0.05) is 11.3 Å². The topological polar surface area (TPSA) is 81.7 Å². The molecule has 1 amide bonds. The van der Waals surface area contributed by atoms with Crippen LogP contribution >= 0.6 is 0 Å². The molecule has 11 atom stereocenters. The van der Waals surface area contributed by atoms with Crippen molar-refractivity contribution in [3.63, 3.8) is 0 Å². The minimum absolute atomic E-state index is 0.0119. The molecule has 4 bridgehead atoms. The van der Waals surface area contributed by atoms with Gasteiger partial charge in [-0.25, -0.2) is 9.59 Å². The number of amides is 1. The predicted octanol–water partition coefficient (Wildman–Crippen LogP) is 2.80. The van der Waals surface area contributed by atoms with Crippen molar-refractivity contribution in [2.24, 2.45) is 58.7 Å². The third-order valence-corrected chi connectivity index (χ3v) is 9.64. The Balaban J connectivity index is 1.21. The predicted molar refractivity (Wildman–Crippen MR) is 109 cm³/mol. The van der Waals surface area contributed by atoms with E-state index in [0.29, 0.717) is 17.8 Å². The SMILES string of the molecule is CC(NC(=O)C1CC2CC1C1C3CC(C(C)C3C)C21)C(=O)OC1C(=O)OCC1(C)C. The van der Waals surface area contributed by atoms with Gasteiger partial charge in [-0.2, -0.15) is 0 Å². The highest BCUT2D eigenvalue weighted by Gasteiger charge is 2.66. The fourth-order valence-corrected chi connectivity index (χ4v) is 8.06. The number of nitrogens with one attached hydrogen (secondary N) is 1. The van der Waals surface area contributed by atoms with Crippen LogP contribution in [0, 0.1) is 58.7 Å². The van der Waals surface area contributed by atoms with Gasteiger partial charge in [0.05, 0.1) is 0 Å². The summed E-state index contributed by atoms with van der Waals surface area (Å²) < 4.78 is 10.5. The zero-order valence-electron chi connectivity index (χ0n) is 18.7. The van der Waals surface area contributed by atoms with Crippen LogP contribution in [0.2, 0.25) is 0 Å². The highest BCUT2D eigenvalue weighted by molar-refractivity contribution is 5.88. The first-order chi connectivity index (χ1) is 14.1. The summed E-state index contributed by atoms with van der Waals surface area (Å²) in [6.07, 6.45) is 2.59. The summed E-state index contributed by atoms with van der Waals surface area (Å²) in [5, 5.41) is 2.90. The molecule has 5 fully saturated rings. The van der Waals surface area contributed by atoms with Gasteiger partial charge in [-0.1, -0.05) is 27.7 Å². The zero-order chi connectivity index (χ0) is 21.5. The van der Waals surface area contributed by atoms with Gasteiger partial charge in [0.2, 0.25) is 12.0 Å². The second-order valence-electron chi connectivity index (χ2n) is 11.6. The van der Waals surface area contributed by atoms with E-state index in [1.807, 2.05) is 13.8 Å². The highest BCUT2D eigenvalue weighted by Crippen LogP contribution is 2.71. The molecule has 4 aliphatic carbocycles. The first-order valence-corrected chi connectivity index (χ1v) is 11.8. The Hall–Kier alpha value is -1.59. The number of hydrogen-bond donors (Lipinski definition) is 1. The molecule has 11 unspecified atom stereocenters. The van der Waals surface area contributed by atoms with E-state index in [1.54, 1.807) is 6.92 Å². The van der Waals surface area contributed by atoms with E-state index in [0.717, 1.165) is 36.0 Å². The van der Waals surface area contributed by atoms with E-state index in [9.17, 15) is 14.4 Å². The van der Waals surface area contributed by atoms with Gasteiger partial charge in [0.25, 0.3) is 0 Å². The molecule has 1 saturated heterocycles. The molecule has 4 saturated carbocycles. The summed E-state index contributed by atoms with van der Waals surface area (Å²) in [4.78, 5) is 37.6. The molecular weight excluding hydrogens is 382 g/mol.